The Bertz CT molecular complexity index is 2830. The van der Waals surface area contributed by atoms with Crippen molar-refractivity contribution in [3.05, 3.63) is 151 Å². The van der Waals surface area contributed by atoms with Crippen molar-refractivity contribution in [1.82, 2.24) is 9.13 Å². The number of hydrogen-bond acceptors (Lipinski definition) is 2. The van der Waals surface area contributed by atoms with Gasteiger partial charge in [-0.15, -0.1) is 11.3 Å². The lowest BCUT2D eigenvalue weighted by atomic mass is 9.83. The molecule has 0 bridgehead atoms. The molecule has 3 heterocycles. The normalized spacial score (nSPS) is 15.3. The topological polar surface area (TPSA) is 33.6 Å². The fourth-order valence-electron chi connectivity index (χ4n) is 8.06. The molecule has 4 heteroatoms. The van der Waals surface area contributed by atoms with E-state index in [1.165, 1.54) is 47.2 Å². The molecule has 0 spiro atoms. The monoisotopic (exact) mass is 631 g/mol. The number of fused-ring (bicyclic) bond motifs is 10. The zero-order valence-electron chi connectivity index (χ0n) is 26.3. The summed E-state index contributed by atoms with van der Waals surface area (Å²) in [5, 5.41) is 18.2. The third kappa shape index (κ3) is 3.74. The van der Waals surface area contributed by atoms with E-state index in [-0.39, 0.29) is 5.92 Å². The van der Waals surface area contributed by atoms with Crippen molar-refractivity contribution in [3.8, 4) is 11.8 Å². The highest BCUT2D eigenvalue weighted by atomic mass is 32.1. The third-order valence-electron chi connectivity index (χ3n) is 10.2. The highest BCUT2D eigenvalue weighted by Gasteiger charge is 2.27. The first kappa shape index (κ1) is 27.2. The molecule has 48 heavy (non-hydrogen) atoms. The van der Waals surface area contributed by atoms with Crippen molar-refractivity contribution in [3.63, 3.8) is 0 Å². The van der Waals surface area contributed by atoms with Gasteiger partial charge in [0.25, 0.3) is 0 Å². The zero-order chi connectivity index (χ0) is 31.9. The highest BCUT2D eigenvalue weighted by Crippen LogP contribution is 2.46. The van der Waals surface area contributed by atoms with Gasteiger partial charge in [0.1, 0.15) is 0 Å². The third-order valence-corrected chi connectivity index (χ3v) is 11.3. The highest BCUT2D eigenvalue weighted by molar-refractivity contribution is 7.26. The van der Waals surface area contributed by atoms with Crippen molar-refractivity contribution >= 4 is 86.4 Å². The van der Waals surface area contributed by atoms with Crippen LogP contribution in [-0.2, 0) is 0 Å². The minimum absolute atomic E-state index is 0.125. The van der Waals surface area contributed by atoms with Gasteiger partial charge in [0.15, 0.2) is 0 Å². The summed E-state index contributed by atoms with van der Waals surface area (Å²) in [6.45, 7) is 2.18. The molecular weight excluding hydrogens is 603 g/mol. The summed E-state index contributed by atoms with van der Waals surface area (Å²) in [4.78, 5) is 0. The van der Waals surface area contributed by atoms with Gasteiger partial charge in [-0.2, -0.15) is 5.26 Å². The van der Waals surface area contributed by atoms with Crippen LogP contribution in [0.3, 0.4) is 0 Å². The van der Waals surface area contributed by atoms with Crippen LogP contribution < -0.4 is 0 Å². The molecule has 226 valence electrons. The minimum atomic E-state index is 0.125. The largest absolute Gasteiger partial charge is 0.309 e. The summed E-state index contributed by atoms with van der Waals surface area (Å²) in [6.07, 6.45) is 3.17. The van der Waals surface area contributed by atoms with Crippen LogP contribution >= 0.6 is 11.3 Å². The number of thiophene rings is 1. The van der Waals surface area contributed by atoms with E-state index in [4.69, 9.17) is 0 Å². The smallest absolute Gasteiger partial charge is 0.0957 e. The Morgan fingerprint density at radius 1 is 0.625 bits per heavy atom. The van der Waals surface area contributed by atoms with E-state index in [1.54, 1.807) is 0 Å². The van der Waals surface area contributed by atoms with Gasteiger partial charge in [0.05, 0.1) is 33.8 Å². The molecule has 9 aromatic rings. The second-order valence-electron chi connectivity index (χ2n) is 12.8. The van der Waals surface area contributed by atoms with Gasteiger partial charge < -0.3 is 9.13 Å². The lowest BCUT2D eigenvalue weighted by Gasteiger charge is -2.25. The molecule has 0 amide bonds. The van der Waals surface area contributed by atoms with Crippen LogP contribution in [0.15, 0.2) is 145 Å². The number of hydrogen-bond donors (Lipinski definition) is 0. The van der Waals surface area contributed by atoms with Crippen LogP contribution in [0.2, 0.25) is 0 Å². The summed E-state index contributed by atoms with van der Waals surface area (Å²) in [5.41, 5.74) is 9.85. The fourth-order valence-corrected chi connectivity index (χ4v) is 9.17. The van der Waals surface area contributed by atoms with Crippen molar-refractivity contribution in [2.75, 3.05) is 0 Å². The van der Waals surface area contributed by atoms with Crippen molar-refractivity contribution in [2.24, 2.45) is 5.92 Å². The lowest BCUT2D eigenvalue weighted by Crippen LogP contribution is -2.11. The Morgan fingerprint density at radius 3 is 2.04 bits per heavy atom. The van der Waals surface area contributed by atoms with Gasteiger partial charge in [-0.3, -0.25) is 0 Å². The van der Waals surface area contributed by atoms with E-state index < -0.39 is 0 Å². The van der Waals surface area contributed by atoms with E-state index in [0.717, 1.165) is 51.1 Å². The van der Waals surface area contributed by atoms with Gasteiger partial charge in [-0.05, 0) is 66.4 Å². The van der Waals surface area contributed by atoms with E-state index in [2.05, 4.69) is 162 Å². The van der Waals surface area contributed by atoms with Crippen LogP contribution in [0, 0.1) is 17.2 Å². The van der Waals surface area contributed by atoms with E-state index in [0.29, 0.717) is 0 Å². The van der Waals surface area contributed by atoms with Crippen molar-refractivity contribution in [1.29, 1.82) is 5.26 Å². The quantitative estimate of drug-likeness (QED) is 0.191. The van der Waals surface area contributed by atoms with E-state index in [1.807, 2.05) is 11.3 Å². The van der Waals surface area contributed by atoms with E-state index in [9.17, 15) is 5.26 Å². The average molecular weight is 632 g/mol. The number of aromatic nitrogens is 2. The first-order valence-electron chi connectivity index (χ1n) is 16.5. The van der Waals surface area contributed by atoms with Gasteiger partial charge in [0, 0.05) is 58.6 Å². The molecule has 1 unspecified atom stereocenters. The molecule has 3 aromatic heterocycles. The maximum Gasteiger partial charge on any atom is 0.0957 e. The fraction of sp³-hybridized carbons (Fsp3) is 0.0682. The predicted molar refractivity (Wildman–Crippen MR) is 204 cm³/mol. The Kier molecular flexibility index (Phi) is 5.85. The molecular formula is C44H29N3S. The van der Waals surface area contributed by atoms with Crippen molar-refractivity contribution < 1.29 is 0 Å². The minimum Gasteiger partial charge on any atom is -0.309 e. The molecule has 0 aliphatic heterocycles. The molecule has 3 nitrogen and oxygen atoms in total. The van der Waals surface area contributed by atoms with Crippen LogP contribution in [0.25, 0.3) is 80.7 Å². The van der Waals surface area contributed by atoms with Crippen LogP contribution in [0.4, 0.5) is 0 Å². The van der Waals surface area contributed by atoms with Crippen LogP contribution in [0.5, 0.6) is 0 Å². The molecule has 6 aromatic carbocycles. The summed E-state index contributed by atoms with van der Waals surface area (Å²) in [7, 11) is 0. The Hall–Kier alpha value is -5.89. The number of nitriles is 1. The first-order valence-corrected chi connectivity index (χ1v) is 17.3. The molecule has 0 radical (unpaired) electrons. The van der Waals surface area contributed by atoms with Crippen molar-refractivity contribution in [2.45, 2.75) is 13.3 Å². The number of nitrogens with zero attached hydrogens (tertiary/aromatic N) is 3. The SMILES string of the molecule is CC1CC=C(n2c3ccccc3c3ccccc32)C(c2ccc3c(c2)c2ccc4sc5ccccc5c4c2n3-c2ccccc2)=C1C#N. The second kappa shape index (κ2) is 10.3. The standard InChI is InChI=1S/C44H29N3S/c1-27-19-22-39(47-36-16-8-5-13-30(36)31-14-6-9-17-37(31)47)42(35(27)26-45)28-20-23-38-34(25-28)32-21-24-41-43(33-15-7-10-18-40(33)48-41)44(32)46(38)29-11-3-2-4-12-29/h2-18,20-25,27H,19H2,1H3. The summed E-state index contributed by atoms with van der Waals surface area (Å²) in [5.74, 6) is 0.125. The van der Waals surface area contributed by atoms with Gasteiger partial charge >= 0.3 is 0 Å². The number of para-hydroxylation sites is 3. The Labute approximate surface area is 281 Å². The molecule has 0 saturated carbocycles. The molecule has 1 aliphatic carbocycles. The molecule has 0 saturated heterocycles. The average Bonchev–Trinajstić information content (AvgIpc) is 3.79. The number of allylic oxidation sites excluding steroid dienone is 4. The number of rotatable bonds is 3. The molecule has 0 N–H and O–H groups in total. The first-order chi connectivity index (χ1) is 23.7. The van der Waals surface area contributed by atoms with Gasteiger partial charge in [0.2, 0.25) is 0 Å². The predicted octanol–water partition coefficient (Wildman–Crippen LogP) is 12.1. The number of benzene rings is 6. The molecule has 0 fully saturated rings. The summed E-state index contributed by atoms with van der Waals surface area (Å²) < 4.78 is 7.40. The van der Waals surface area contributed by atoms with Crippen LogP contribution in [-0.4, -0.2) is 9.13 Å². The van der Waals surface area contributed by atoms with Crippen LogP contribution in [0.1, 0.15) is 18.9 Å². The maximum atomic E-state index is 10.7. The molecule has 10 rings (SSSR count). The zero-order valence-corrected chi connectivity index (χ0v) is 27.1. The maximum absolute atomic E-state index is 10.7. The van der Waals surface area contributed by atoms with E-state index >= 15 is 0 Å². The lowest BCUT2D eigenvalue weighted by molar-refractivity contribution is 0.710. The van der Waals surface area contributed by atoms with Gasteiger partial charge in [-0.25, -0.2) is 0 Å². The Balaban J connectivity index is 1.30. The summed E-state index contributed by atoms with van der Waals surface area (Å²) in [6, 6.07) is 50.8. The molecule has 1 aliphatic rings. The summed E-state index contributed by atoms with van der Waals surface area (Å²) >= 11 is 1.85. The van der Waals surface area contributed by atoms with Gasteiger partial charge in [-0.1, -0.05) is 97.9 Å². The Morgan fingerprint density at radius 2 is 1.29 bits per heavy atom. The molecule has 1 atom stereocenters. The second-order valence-corrected chi connectivity index (χ2v) is 13.9.